The van der Waals surface area contributed by atoms with Gasteiger partial charge in [-0.1, -0.05) is 20.8 Å². The highest BCUT2D eigenvalue weighted by atomic mass is 16.3. The van der Waals surface area contributed by atoms with Crippen LogP contribution in [0.5, 0.6) is 0 Å². The van der Waals surface area contributed by atoms with Crippen molar-refractivity contribution in [3.8, 4) is 0 Å². The number of amides is 1. The number of rotatable bonds is 3. The SMILES string of the molecule is Cc1cc(=O)c(C(=O)NCC(O)C(C)(C)C)c[nH]1. The second kappa shape index (κ2) is 5.35. The largest absolute Gasteiger partial charge is 0.391 e. The molecule has 1 amide bonds. The molecule has 5 nitrogen and oxygen atoms in total. The van der Waals surface area contributed by atoms with E-state index in [2.05, 4.69) is 10.3 Å². The van der Waals surface area contributed by atoms with Gasteiger partial charge in [0.15, 0.2) is 5.43 Å². The Balaban J connectivity index is 2.70. The van der Waals surface area contributed by atoms with Gasteiger partial charge < -0.3 is 15.4 Å². The van der Waals surface area contributed by atoms with Gasteiger partial charge in [0.1, 0.15) is 5.56 Å². The molecule has 0 saturated heterocycles. The van der Waals surface area contributed by atoms with Crippen LogP contribution in [0.1, 0.15) is 36.8 Å². The lowest BCUT2D eigenvalue weighted by atomic mass is 9.89. The van der Waals surface area contributed by atoms with Crippen LogP contribution in [0.25, 0.3) is 0 Å². The van der Waals surface area contributed by atoms with E-state index in [1.807, 2.05) is 20.8 Å². The molecule has 5 heteroatoms. The first-order valence-electron chi connectivity index (χ1n) is 5.87. The minimum Gasteiger partial charge on any atom is -0.391 e. The van der Waals surface area contributed by atoms with E-state index in [-0.39, 0.29) is 23.0 Å². The summed E-state index contributed by atoms with van der Waals surface area (Å²) in [5, 5.41) is 12.4. The molecule has 0 radical (unpaired) electrons. The summed E-state index contributed by atoms with van der Waals surface area (Å²) < 4.78 is 0. The van der Waals surface area contributed by atoms with Gasteiger partial charge in [-0.3, -0.25) is 9.59 Å². The molecule has 18 heavy (non-hydrogen) atoms. The lowest BCUT2D eigenvalue weighted by Gasteiger charge is -2.25. The van der Waals surface area contributed by atoms with Crippen molar-refractivity contribution in [2.24, 2.45) is 5.41 Å². The zero-order chi connectivity index (χ0) is 13.9. The molecule has 1 heterocycles. The fraction of sp³-hybridized carbons (Fsp3) is 0.538. The molecule has 0 bridgehead atoms. The van der Waals surface area contributed by atoms with Gasteiger partial charge in [0.25, 0.3) is 5.91 Å². The summed E-state index contributed by atoms with van der Waals surface area (Å²) in [5.74, 6) is -0.473. The second-order valence-electron chi connectivity index (χ2n) is 5.49. The molecule has 0 fully saturated rings. The lowest BCUT2D eigenvalue weighted by Crippen LogP contribution is -2.40. The van der Waals surface area contributed by atoms with Crippen molar-refractivity contribution in [3.05, 3.63) is 33.7 Å². The molecule has 0 spiro atoms. The predicted octanol–water partition coefficient (Wildman–Crippen LogP) is 0.820. The molecule has 100 valence electrons. The number of aliphatic hydroxyl groups excluding tert-OH is 1. The standard InChI is InChI=1S/C13H20N2O3/c1-8-5-10(16)9(6-14-8)12(18)15-7-11(17)13(2,3)4/h5-6,11,17H,7H2,1-4H3,(H,14,16)(H,15,18). The summed E-state index contributed by atoms with van der Waals surface area (Å²) in [5.41, 5.74) is 0.120. The molecule has 3 N–H and O–H groups in total. The van der Waals surface area contributed by atoms with Gasteiger partial charge in [0.2, 0.25) is 0 Å². The Hall–Kier alpha value is -1.62. The predicted molar refractivity (Wildman–Crippen MR) is 69.6 cm³/mol. The molecule has 1 atom stereocenters. The van der Waals surface area contributed by atoms with Crippen LogP contribution in [0, 0.1) is 12.3 Å². The number of aliphatic hydroxyl groups is 1. The summed E-state index contributed by atoms with van der Waals surface area (Å²) in [4.78, 5) is 26.2. The fourth-order valence-electron chi connectivity index (χ4n) is 1.34. The van der Waals surface area contributed by atoms with Gasteiger partial charge in [-0.05, 0) is 12.3 Å². The van der Waals surface area contributed by atoms with Crippen LogP contribution in [0.3, 0.4) is 0 Å². The smallest absolute Gasteiger partial charge is 0.256 e. The number of carbonyl (C=O) groups excluding carboxylic acids is 1. The number of aryl methyl sites for hydroxylation is 1. The minimum atomic E-state index is -0.661. The molecular formula is C13H20N2O3. The molecule has 0 aliphatic carbocycles. The first kappa shape index (κ1) is 14.4. The van der Waals surface area contributed by atoms with E-state index in [4.69, 9.17) is 0 Å². The van der Waals surface area contributed by atoms with Crippen LogP contribution >= 0.6 is 0 Å². The van der Waals surface area contributed by atoms with Crippen LogP contribution in [0.15, 0.2) is 17.1 Å². The Bertz CT molecular complexity index is 486. The number of H-pyrrole nitrogens is 1. The van der Waals surface area contributed by atoms with Gasteiger partial charge in [-0.2, -0.15) is 0 Å². The van der Waals surface area contributed by atoms with Crippen molar-refractivity contribution in [2.75, 3.05) is 6.54 Å². The number of hydrogen-bond acceptors (Lipinski definition) is 3. The lowest BCUT2D eigenvalue weighted by molar-refractivity contribution is 0.0586. The monoisotopic (exact) mass is 252 g/mol. The Morgan fingerprint density at radius 1 is 1.50 bits per heavy atom. The van der Waals surface area contributed by atoms with Crippen molar-refractivity contribution < 1.29 is 9.90 Å². The van der Waals surface area contributed by atoms with E-state index >= 15 is 0 Å². The third-order valence-corrected chi connectivity index (χ3v) is 2.76. The molecule has 1 rings (SSSR count). The van der Waals surface area contributed by atoms with E-state index in [0.717, 1.165) is 0 Å². The number of carbonyl (C=O) groups is 1. The van der Waals surface area contributed by atoms with Crippen molar-refractivity contribution in [1.29, 1.82) is 0 Å². The van der Waals surface area contributed by atoms with Crippen LogP contribution in [0.2, 0.25) is 0 Å². The van der Waals surface area contributed by atoms with Crippen LogP contribution in [-0.2, 0) is 0 Å². The third-order valence-electron chi connectivity index (χ3n) is 2.76. The fourth-order valence-corrected chi connectivity index (χ4v) is 1.34. The highest BCUT2D eigenvalue weighted by molar-refractivity contribution is 5.93. The van der Waals surface area contributed by atoms with Crippen LogP contribution in [-0.4, -0.2) is 28.6 Å². The molecule has 1 aromatic heterocycles. The summed E-state index contributed by atoms with van der Waals surface area (Å²) in [6.45, 7) is 7.50. The van der Waals surface area contributed by atoms with Crippen molar-refractivity contribution in [3.63, 3.8) is 0 Å². The van der Waals surface area contributed by atoms with E-state index in [1.54, 1.807) is 6.92 Å². The van der Waals surface area contributed by atoms with E-state index < -0.39 is 12.0 Å². The van der Waals surface area contributed by atoms with E-state index in [9.17, 15) is 14.7 Å². The summed E-state index contributed by atoms with van der Waals surface area (Å²) in [6.07, 6.45) is 0.724. The number of hydrogen-bond donors (Lipinski definition) is 3. The number of pyridine rings is 1. The summed E-state index contributed by atoms with van der Waals surface area (Å²) in [6, 6.07) is 1.37. The highest BCUT2D eigenvalue weighted by Crippen LogP contribution is 2.18. The molecule has 0 saturated carbocycles. The zero-order valence-electron chi connectivity index (χ0n) is 11.2. The summed E-state index contributed by atoms with van der Waals surface area (Å²) >= 11 is 0. The molecule has 0 aliphatic heterocycles. The average molecular weight is 252 g/mol. The Morgan fingerprint density at radius 3 is 2.61 bits per heavy atom. The first-order valence-corrected chi connectivity index (χ1v) is 5.87. The Kier molecular flexibility index (Phi) is 4.29. The highest BCUT2D eigenvalue weighted by Gasteiger charge is 2.22. The quantitative estimate of drug-likeness (QED) is 0.745. The zero-order valence-corrected chi connectivity index (χ0v) is 11.2. The summed E-state index contributed by atoms with van der Waals surface area (Å²) in [7, 11) is 0. The maximum atomic E-state index is 11.8. The minimum absolute atomic E-state index is 0.0571. The molecule has 1 unspecified atom stereocenters. The van der Waals surface area contributed by atoms with Gasteiger partial charge in [-0.15, -0.1) is 0 Å². The average Bonchev–Trinajstić information content (AvgIpc) is 2.24. The van der Waals surface area contributed by atoms with Crippen LogP contribution < -0.4 is 10.7 Å². The maximum Gasteiger partial charge on any atom is 0.256 e. The Morgan fingerprint density at radius 2 is 2.11 bits per heavy atom. The van der Waals surface area contributed by atoms with Crippen molar-refractivity contribution in [2.45, 2.75) is 33.8 Å². The van der Waals surface area contributed by atoms with Crippen molar-refractivity contribution in [1.82, 2.24) is 10.3 Å². The maximum absolute atomic E-state index is 11.8. The third kappa shape index (κ3) is 3.70. The molecule has 0 aromatic carbocycles. The van der Waals surface area contributed by atoms with E-state index in [1.165, 1.54) is 12.3 Å². The topological polar surface area (TPSA) is 82.2 Å². The number of aromatic nitrogens is 1. The van der Waals surface area contributed by atoms with Gasteiger partial charge in [0, 0.05) is 24.5 Å². The van der Waals surface area contributed by atoms with E-state index in [0.29, 0.717) is 5.69 Å². The number of nitrogens with one attached hydrogen (secondary N) is 2. The molecular weight excluding hydrogens is 232 g/mol. The van der Waals surface area contributed by atoms with Crippen LogP contribution in [0.4, 0.5) is 0 Å². The number of aromatic amines is 1. The first-order chi connectivity index (χ1) is 8.21. The second-order valence-corrected chi connectivity index (χ2v) is 5.49. The Labute approximate surface area is 106 Å². The van der Waals surface area contributed by atoms with Gasteiger partial charge in [-0.25, -0.2) is 0 Å². The van der Waals surface area contributed by atoms with Gasteiger partial charge >= 0.3 is 0 Å². The molecule has 1 aromatic rings. The van der Waals surface area contributed by atoms with Gasteiger partial charge in [0.05, 0.1) is 6.10 Å². The molecule has 0 aliphatic rings. The van der Waals surface area contributed by atoms with Crippen molar-refractivity contribution >= 4 is 5.91 Å². The normalized spacial score (nSPS) is 13.2.